The molecule has 4 rings (SSSR count). The van der Waals surface area contributed by atoms with Gasteiger partial charge < -0.3 is 13.9 Å². The first-order chi connectivity index (χ1) is 13.6. The van der Waals surface area contributed by atoms with Crippen molar-refractivity contribution in [3.63, 3.8) is 0 Å². The first kappa shape index (κ1) is 18.6. The van der Waals surface area contributed by atoms with Crippen LogP contribution in [0.2, 0.25) is 0 Å². The predicted molar refractivity (Wildman–Crippen MR) is 103 cm³/mol. The van der Waals surface area contributed by atoms with Crippen molar-refractivity contribution in [2.24, 2.45) is 7.05 Å². The molecule has 8 heteroatoms. The van der Waals surface area contributed by atoms with Crippen LogP contribution in [-0.4, -0.2) is 49.4 Å². The highest BCUT2D eigenvalue weighted by Crippen LogP contribution is 2.28. The molecule has 1 aliphatic rings. The molecule has 1 saturated heterocycles. The van der Waals surface area contributed by atoms with E-state index in [9.17, 15) is 4.39 Å². The molecule has 1 atom stereocenters. The number of halogens is 1. The fourth-order valence-electron chi connectivity index (χ4n) is 3.86. The van der Waals surface area contributed by atoms with Gasteiger partial charge in [0, 0.05) is 44.0 Å². The molecule has 3 aromatic rings. The number of likely N-dealkylation sites (tertiary alicyclic amines) is 1. The Hall–Kier alpha value is -2.74. The quantitative estimate of drug-likeness (QED) is 0.654. The summed E-state index contributed by atoms with van der Waals surface area (Å²) in [6.45, 7) is 3.01. The van der Waals surface area contributed by atoms with E-state index in [4.69, 9.17) is 4.74 Å². The highest BCUT2D eigenvalue weighted by molar-refractivity contribution is 5.29. The highest BCUT2D eigenvalue weighted by atomic mass is 19.1. The molecule has 0 unspecified atom stereocenters. The first-order valence-electron chi connectivity index (χ1n) is 9.52. The summed E-state index contributed by atoms with van der Waals surface area (Å²) in [5, 5.41) is 8.85. The van der Waals surface area contributed by atoms with Gasteiger partial charge in [-0.3, -0.25) is 4.90 Å². The molecule has 0 amide bonds. The number of benzene rings is 1. The van der Waals surface area contributed by atoms with E-state index in [0.29, 0.717) is 24.4 Å². The van der Waals surface area contributed by atoms with Crippen molar-refractivity contribution in [2.45, 2.75) is 31.8 Å². The van der Waals surface area contributed by atoms with E-state index >= 15 is 0 Å². The van der Waals surface area contributed by atoms with Gasteiger partial charge in [0.15, 0.2) is 5.82 Å². The third kappa shape index (κ3) is 3.91. The maximum atomic E-state index is 14.2. The number of imidazole rings is 1. The second-order valence-corrected chi connectivity index (χ2v) is 7.30. The summed E-state index contributed by atoms with van der Waals surface area (Å²) < 4.78 is 23.5. The number of hydrogen-bond donors (Lipinski definition) is 0. The zero-order valence-corrected chi connectivity index (χ0v) is 16.3. The van der Waals surface area contributed by atoms with E-state index in [1.807, 2.05) is 17.8 Å². The molecule has 7 nitrogen and oxygen atoms in total. The third-order valence-corrected chi connectivity index (χ3v) is 5.40. The van der Waals surface area contributed by atoms with Gasteiger partial charge in [0.1, 0.15) is 17.4 Å². The molecule has 0 saturated carbocycles. The monoisotopic (exact) mass is 384 g/mol. The predicted octanol–water partition coefficient (Wildman–Crippen LogP) is 2.59. The Balaban J connectivity index is 1.46. The van der Waals surface area contributed by atoms with E-state index in [0.717, 1.165) is 37.6 Å². The number of ether oxygens (including phenoxy) is 1. The van der Waals surface area contributed by atoms with Crippen LogP contribution >= 0.6 is 0 Å². The van der Waals surface area contributed by atoms with E-state index < -0.39 is 0 Å². The molecule has 0 radical (unpaired) electrons. The lowest BCUT2D eigenvalue weighted by Crippen LogP contribution is -2.35. The van der Waals surface area contributed by atoms with Gasteiger partial charge in [-0.05, 0) is 37.6 Å². The summed E-state index contributed by atoms with van der Waals surface area (Å²) in [6, 6.07) is 4.91. The summed E-state index contributed by atoms with van der Waals surface area (Å²) in [4.78, 5) is 6.36. The van der Waals surface area contributed by atoms with Crippen LogP contribution in [0.4, 0.5) is 4.39 Å². The van der Waals surface area contributed by atoms with Crippen LogP contribution in [0, 0.1) is 5.82 Å². The SMILES string of the molecule is COc1ccc(F)c(CN2CCC[C@@H](c3nnc(Cn4ccnc4)n3C)C2)c1. The van der Waals surface area contributed by atoms with Gasteiger partial charge in [0.25, 0.3) is 0 Å². The molecule has 1 aromatic carbocycles. The molecule has 0 spiro atoms. The first-order valence-corrected chi connectivity index (χ1v) is 9.52. The Morgan fingerprint density at radius 1 is 1.25 bits per heavy atom. The Bertz CT molecular complexity index is 923. The average molecular weight is 384 g/mol. The summed E-state index contributed by atoms with van der Waals surface area (Å²) in [6.07, 6.45) is 7.57. The summed E-state index contributed by atoms with van der Waals surface area (Å²) >= 11 is 0. The van der Waals surface area contributed by atoms with Crippen LogP contribution in [0.15, 0.2) is 36.9 Å². The lowest BCUT2D eigenvalue weighted by atomic mass is 9.96. The van der Waals surface area contributed by atoms with Gasteiger partial charge >= 0.3 is 0 Å². The van der Waals surface area contributed by atoms with E-state index in [2.05, 4.69) is 24.6 Å². The van der Waals surface area contributed by atoms with Crippen molar-refractivity contribution in [1.82, 2.24) is 29.2 Å². The molecule has 0 bridgehead atoms. The number of methoxy groups -OCH3 is 1. The van der Waals surface area contributed by atoms with Crippen molar-refractivity contribution < 1.29 is 9.13 Å². The topological polar surface area (TPSA) is 61.0 Å². The van der Waals surface area contributed by atoms with Crippen molar-refractivity contribution >= 4 is 0 Å². The van der Waals surface area contributed by atoms with Crippen molar-refractivity contribution in [3.05, 3.63) is 59.9 Å². The second kappa shape index (κ2) is 8.10. The normalized spacial score (nSPS) is 17.8. The van der Waals surface area contributed by atoms with Crippen molar-refractivity contribution in [1.29, 1.82) is 0 Å². The van der Waals surface area contributed by atoms with Gasteiger partial charge in [-0.15, -0.1) is 10.2 Å². The largest absolute Gasteiger partial charge is 0.497 e. The Morgan fingerprint density at radius 3 is 2.93 bits per heavy atom. The van der Waals surface area contributed by atoms with Gasteiger partial charge in [-0.1, -0.05) is 0 Å². The third-order valence-electron chi connectivity index (χ3n) is 5.40. The minimum Gasteiger partial charge on any atom is -0.497 e. The number of aromatic nitrogens is 5. The van der Waals surface area contributed by atoms with Crippen LogP contribution in [0.25, 0.3) is 0 Å². The lowest BCUT2D eigenvalue weighted by molar-refractivity contribution is 0.192. The zero-order chi connectivity index (χ0) is 19.5. The number of piperidine rings is 1. The molecule has 1 aliphatic heterocycles. The van der Waals surface area contributed by atoms with Crippen LogP contribution in [0.5, 0.6) is 5.75 Å². The van der Waals surface area contributed by atoms with Crippen LogP contribution < -0.4 is 4.74 Å². The van der Waals surface area contributed by atoms with Crippen molar-refractivity contribution in [3.8, 4) is 5.75 Å². The summed E-state index contributed by atoms with van der Waals surface area (Å²) in [5.74, 6) is 2.68. The highest BCUT2D eigenvalue weighted by Gasteiger charge is 2.26. The van der Waals surface area contributed by atoms with Crippen molar-refractivity contribution in [2.75, 3.05) is 20.2 Å². The number of nitrogens with zero attached hydrogens (tertiary/aromatic N) is 6. The summed E-state index contributed by atoms with van der Waals surface area (Å²) in [7, 11) is 3.62. The lowest BCUT2D eigenvalue weighted by Gasteiger charge is -2.32. The van der Waals surface area contributed by atoms with E-state index in [-0.39, 0.29) is 11.7 Å². The van der Waals surface area contributed by atoms with Gasteiger partial charge in [0.2, 0.25) is 0 Å². The van der Waals surface area contributed by atoms with Crippen LogP contribution in [-0.2, 0) is 20.1 Å². The second-order valence-electron chi connectivity index (χ2n) is 7.30. The Morgan fingerprint density at radius 2 is 2.14 bits per heavy atom. The maximum Gasteiger partial charge on any atom is 0.152 e. The Kier molecular flexibility index (Phi) is 5.38. The van der Waals surface area contributed by atoms with Gasteiger partial charge in [-0.2, -0.15) is 0 Å². The molecular formula is C20H25FN6O. The molecule has 1 fully saturated rings. The molecule has 148 valence electrons. The molecule has 0 N–H and O–H groups in total. The minimum atomic E-state index is -0.191. The molecule has 28 heavy (non-hydrogen) atoms. The standard InChI is InChI=1S/C20H25FN6O/c1-25-19(13-27-9-7-22-14-27)23-24-20(25)15-4-3-8-26(11-15)12-16-10-17(28-2)5-6-18(16)21/h5-7,9-10,14-15H,3-4,8,11-13H2,1-2H3/t15-/m1/s1. The van der Waals surface area contributed by atoms with Gasteiger partial charge in [-0.25, -0.2) is 9.37 Å². The molecule has 3 heterocycles. The van der Waals surface area contributed by atoms with Crippen LogP contribution in [0.1, 0.15) is 36.0 Å². The number of hydrogen-bond acceptors (Lipinski definition) is 5. The smallest absolute Gasteiger partial charge is 0.152 e. The minimum absolute atomic E-state index is 0.191. The number of rotatable bonds is 6. The van der Waals surface area contributed by atoms with Gasteiger partial charge in [0.05, 0.1) is 20.0 Å². The molecule has 2 aromatic heterocycles. The van der Waals surface area contributed by atoms with E-state index in [1.165, 1.54) is 6.07 Å². The van der Waals surface area contributed by atoms with Crippen LogP contribution in [0.3, 0.4) is 0 Å². The fourth-order valence-corrected chi connectivity index (χ4v) is 3.86. The molecular weight excluding hydrogens is 359 g/mol. The summed E-state index contributed by atoms with van der Waals surface area (Å²) in [5.41, 5.74) is 0.666. The maximum absolute atomic E-state index is 14.2. The van der Waals surface area contributed by atoms with E-state index in [1.54, 1.807) is 31.8 Å². The fraction of sp³-hybridized carbons (Fsp3) is 0.450. The molecule has 0 aliphatic carbocycles. The Labute approximate surface area is 163 Å². The average Bonchev–Trinajstić information content (AvgIpc) is 3.34. The zero-order valence-electron chi connectivity index (χ0n) is 16.3.